The number of para-hydroxylation sites is 1. The number of aryl methyl sites for hydroxylation is 1. The first-order chi connectivity index (χ1) is 13.7. The maximum Gasteiger partial charge on any atom is 0.344 e. The number of benzene rings is 3. The van der Waals surface area contributed by atoms with E-state index in [1.54, 1.807) is 6.07 Å². The first-order valence-electron chi connectivity index (χ1n) is 9.28. The second-order valence-electron chi connectivity index (χ2n) is 7.02. The maximum absolute atomic E-state index is 12.9. The summed E-state index contributed by atoms with van der Waals surface area (Å²) in [5.41, 5.74) is 3.90. The molecule has 0 fully saturated rings. The Morgan fingerprint density at radius 3 is 2.32 bits per heavy atom. The normalized spacial score (nSPS) is 15.6. The van der Waals surface area contributed by atoms with E-state index in [4.69, 9.17) is 9.15 Å². The quantitative estimate of drug-likeness (QED) is 0.429. The fraction of sp³-hybridized carbons (Fsp3) is 0.0800. The molecular weight excluding hydrogens is 348 g/mol. The molecule has 0 aliphatic carbocycles. The second-order valence-corrected chi connectivity index (χ2v) is 7.02. The Bertz CT molecular complexity index is 1250. The van der Waals surface area contributed by atoms with Gasteiger partial charge in [-0.1, -0.05) is 72.3 Å². The van der Waals surface area contributed by atoms with Gasteiger partial charge in [-0.3, -0.25) is 0 Å². The molecule has 1 atom stereocenters. The Kier molecular flexibility index (Phi) is 3.87. The molecule has 0 N–H and O–H groups in total. The number of ether oxygens (including phenoxy) is 1. The maximum atomic E-state index is 12.9. The molecule has 4 aromatic rings. The van der Waals surface area contributed by atoms with E-state index in [0.29, 0.717) is 16.9 Å². The third-order valence-electron chi connectivity index (χ3n) is 5.13. The van der Waals surface area contributed by atoms with Gasteiger partial charge < -0.3 is 9.15 Å². The molecule has 28 heavy (non-hydrogen) atoms. The van der Waals surface area contributed by atoms with Crippen LogP contribution < -0.4 is 10.4 Å². The highest BCUT2D eigenvalue weighted by Crippen LogP contribution is 2.42. The Labute approximate surface area is 162 Å². The van der Waals surface area contributed by atoms with Crippen LogP contribution in [0.5, 0.6) is 5.75 Å². The van der Waals surface area contributed by atoms with Gasteiger partial charge in [0.2, 0.25) is 0 Å². The molecule has 1 aliphatic rings. The number of allylic oxidation sites excluding steroid dienone is 1. The van der Waals surface area contributed by atoms with Gasteiger partial charge in [-0.05, 0) is 30.7 Å². The molecule has 5 rings (SSSR count). The number of hydrogen-bond acceptors (Lipinski definition) is 3. The largest absolute Gasteiger partial charge is 0.456 e. The van der Waals surface area contributed by atoms with Gasteiger partial charge in [0.25, 0.3) is 0 Å². The molecule has 3 nitrogen and oxygen atoms in total. The molecule has 3 heteroatoms. The van der Waals surface area contributed by atoms with Gasteiger partial charge in [-0.25, -0.2) is 4.79 Å². The van der Waals surface area contributed by atoms with Crippen molar-refractivity contribution in [2.24, 2.45) is 0 Å². The summed E-state index contributed by atoms with van der Waals surface area (Å²) in [6.45, 7) is 2.05. The van der Waals surface area contributed by atoms with Crippen molar-refractivity contribution in [3.8, 4) is 5.75 Å². The summed E-state index contributed by atoms with van der Waals surface area (Å²) in [6.07, 6.45) is 2.01. The summed E-state index contributed by atoms with van der Waals surface area (Å²) in [5.74, 6) is 1.09. The monoisotopic (exact) mass is 366 g/mol. The molecule has 1 aromatic heterocycles. The fourth-order valence-electron chi connectivity index (χ4n) is 3.69. The molecule has 0 radical (unpaired) electrons. The third-order valence-corrected chi connectivity index (χ3v) is 5.13. The lowest BCUT2D eigenvalue weighted by molar-refractivity contribution is 0.472. The van der Waals surface area contributed by atoms with Crippen LogP contribution in [0, 0.1) is 6.92 Å². The Balaban J connectivity index is 1.79. The molecule has 136 valence electrons. The van der Waals surface area contributed by atoms with E-state index in [0.717, 1.165) is 22.3 Å². The van der Waals surface area contributed by atoms with E-state index < -0.39 is 0 Å². The van der Waals surface area contributed by atoms with Crippen molar-refractivity contribution in [3.63, 3.8) is 0 Å². The van der Waals surface area contributed by atoms with E-state index in [1.807, 2.05) is 54.6 Å². The molecule has 1 unspecified atom stereocenters. The van der Waals surface area contributed by atoms with Crippen LogP contribution in [0.25, 0.3) is 16.7 Å². The van der Waals surface area contributed by atoms with Gasteiger partial charge in [-0.2, -0.15) is 0 Å². The molecule has 1 aliphatic heterocycles. The predicted octanol–water partition coefficient (Wildman–Crippen LogP) is 5.67. The van der Waals surface area contributed by atoms with Crippen molar-refractivity contribution in [1.82, 2.24) is 0 Å². The average molecular weight is 366 g/mol. The molecule has 0 saturated carbocycles. The SMILES string of the molecule is Cc1ccc(C2C=C(c3ccccc3)Oc3c2c(=O)oc2ccccc32)cc1. The van der Waals surface area contributed by atoms with Gasteiger partial charge >= 0.3 is 5.63 Å². The molecule has 0 amide bonds. The van der Waals surface area contributed by atoms with Crippen molar-refractivity contribution in [2.45, 2.75) is 12.8 Å². The number of rotatable bonds is 2. The predicted molar refractivity (Wildman–Crippen MR) is 111 cm³/mol. The van der Waals surface area contributed by atoms with E-state index >= 15 is 0 Å². The summed E-state index contributed by atoms with van der Waals surface area (Å²) in [5, 5.41) is 0.802. The van der Waals surface area contributed by atoms with Gasteiger partial charge in [0.15, 0.2) is 0 Å². The Hall–Kier alpha value is -3.59. The van der Waals surface area contributed by atoms with Crippen molar-refractivity contribution >= 4 is 16.7 Å². The van der Waals surface area contributed by atoms with Crippen molar-refractivity contribution in [3.05, 3.63) is 118 Å². The standard InChI is InChI=1S/C25H18O3/c1-16-11-13-17(14-12-16)20-15-22(18-7-3-2-4-8-18)27-24-19-9-5-6-10-21(19)28-25(26)23(20)24/h2-15,20H,1H3. The van der Waals surface area contributed by atoms with E-state index in [1.165, 1.54) is 5.56 Å². The van der Waals surface area contributed by atoms with Crippen LogP contribution in [-0.4, -0.2) is 0 Å². The minimum Gasteiger partial charge on any atom is -0.456 e. The van der Waals surface area contributed by atoms with Crippen LogP contribution >= 0.6 is 0 Å². The highest BCUT2D eigenvalue weighted by Gasteiger charge is 2.30. The smallest absolute Gasteiger partial charge is 0.344 e. The number of fused-ring (bicyclic) bond motifs is 3. The van der Waals surface area contributed by atoms with Crippen molar-refractivity contribution in [1.29, 1.82) is 0 Å². The Morgan fingerprint density at radius 1 is 0.821 bits per heavy atom. The van der Waals surface area contributed by atoms with E-state index in [9.17, 15) is 4.79 Å². The van der Waals surface area contributed by atoms with E-state index in [-0.39, 0.29) is 11.5 Å². The minimum atomic E-state index is -0.359. The Morgan fingerprint density at radius 2 is 1.54 bits per heavy atom. The molecule has 0 spiro atoms. The fourth-order valence-corrected chi connectivity index (χ4v) is 3.69. The van der Waals surface area contributed by atoms with Crippen LogP contribution in [0.3, 0.4) is 0 Å². The first-order valence-corrected chi connectivity index (χ1v) is 9.28. The lowest BCUT2D eigenvalue weighted by Gasteiger charge is -2.25. The summed E-state index contributed by atoms with van der Waals surface area (Å²) >= 11 is 0. The lowest BCUT2D eigenvalue weighted by Crippen LogP contribution is -2.19. The van der Waals surface area contributed by atoms with E-state index in [2.05, 4.69) is 31.2 Å². The van der Waals surface area contributed by atoms with Gasteiger partial charge in [-0.15, -0.1) is 0 Å². The molecular formula is C25H18O3. The summed E-state index contributed by atoms with van der Waals surface area (Å²) in [7, 11) is 0. The summed E-state index contributed by atoms with van der Waals surface area (Å²) in [4.78, 5) is 12.9. The molecule has 3 aromatic carbocycles. The van der Waals surface area contributed by atoms with Crippen molar-refractivity contribution in [2.75, 3.05) is 0 Å². The molecule has 2 heterocycles. The average Bonchev–Trinajstić information content (AvgIpc) is 2.74. The zero-order chi connectivity index (χ0) is 19.1. The summed E-state index contributed by atoms with van der Waals surface area (Å²) in [6, 6.07) is 25.7. The minimum absolute atomic E-state index is 0.236. The van der Waals surface area contributed by atoms with Crippen molar-refractivity contribution < 1.29 is 9.15 Å². The molecule has 0 bridgehead atoms. The summed E-state index contributed by atoms with van der Waals surface area (Å²) < 4.78 is 11.9. The highest BCUT2D eigenvalue weighted by atomic mass is 16.5. The lowest BCUT2D eigenvalue weighted by atomic mass is 9.87. The number of hydrogen-bond donors (Lipinski definition) is 0. The zero-order valence-corrected chi connectivity index (χ0v) is 15.4. The van der Waals surface area contributed by atoms with Crippen LogP contribution in [0.4, 0.5) is 0 Å². The first kappa shape index (κ1) is 16.6. The van der Waals surface area contributed by atoms with Gasteiger partial charge in [0.05, 0.1) is 10.9 Å². The van der Waals surface area contributed by atoms with Crippen LogP contribution in [0.15, 0.2) is 94.2 Å². The van der Waals surface area contributed by atoms with Gasteiger partial charge in [0.1, 0.15) is 17.1 Å². The topological polar surface area (TPSA) is 39.4 Å². The third kappa shape index (κ3) is 2.72. The van der Waals surface area contributed by atoms with Crippen LogP contribution in [-0.2, 0) is 0 Å². The van der Waals surface area contributed by atoms with Crippen LogP contribution in [0.1, 0.15) is 28.2 Å². The highest BCUT2D eigenvalue weighted by molar-refractivity contribution is 5.87. The zero-order valence-electron chi connectivity index (χ0n) is 15.4. The molecule has 0 saturated heterocycles. The second kappa shape index (κ2) is 6.54. The van der Waals surface area contributed by atoms with Crippen LogP contribution in [0.2, 0.25) is 0 Å². The van der Waals surface area contributed by atoms with Gasteiger partial charge in [0, 0.05) is 11.5 Å².